The minimum atomic E-state index is -3.75. The molecule has 2 aromatic carbocycles. The van der Waals surface area contributed by atoms with Gasteiger partial charge in [0.15, 0.2) is 5.82 Å². The van der Waals surface area contributed by atoms with Crippen molar-refractivity contribution in [1.29, 1.82) is 0 Å². The molecule has 1 heterocycles. The van der Waals surface area contributed by atoms with Crippen molar-refractivity contribution >= 4 is 38.2 Å². The fourth-order valence-corrected chi connectivity index (χ4v) is 5.05. The lowest BCUT2D eigenvalue weighted by atomic mass is 9.93. The molecule has 0 spiro atoms. The van der Waals surface area contributed by atoms with Gasteiger partial charge in [-0.2, -0.15) is 0 Å². The highest BCUT2D eigenvalue weighted by molar-refractivity contribution is 7.92. The van der Waals surface area contributed by atoms with E-state index in [1.807, 2.05) is 26.0 Å². The number of nitrogens with zero attached hydrogens (tertiary/aromatic N) is 1. The van der Waals surface area contributed by atoms with Crippen molar-refractivity contribution in [3.8, 4) is 11.1 Å². The molecule has 4 N–H and O–H groups in total. The Kier molecular flexibility index (Phi) is 8.26. The molecule has 3 aromatic rings. The number of halogens is 2. The number of carbonyl (C=O) groups excluding carboxylic acids is 1. The Morgan fingerprint density at radius 3 is 2.54 bits per heavy atom. The molecular formula is C25H30F2N4O3S. The van der Waals surface area contributed by atoms with Crippen LogP contribution in [0.1, 0.15) is 39.2 Å². The lowest BCUT2D eigenvalue weighted by Gasteiger charge is -2.16. The number of hydrogen-bond donors (Lipinski definition) is 3. The molecule has 35 heavy (non-hydrogen) atoms. The fourth-order valence-electron chi connectivity index (χ4n) is 3.92. The number of fused-ring (bicyclic) bond motifs is 1. The van der Waals surface area contributed by atoms with Crippen LogP contribution in [-0.2, 0) is 21.2 Å². The van der Waals surface area contributed by atoms with Gasteiger partial charge in [0.05, 0.1) is 17.0 Å². The van der Waals surface area contributed by atoms with E-state index in [0.29, 0.717) is 41.7 Å². The van der Waals surface area contributed by atoms with Crippen LogP contribution < -0.4 is 15.8 Å². The number of aryl methyl sites for hydroxylation is 1. The van der Waals surface area contributed by atoms with Gasteiger partial charge in [0.2, 0.25) is 15.9 Å². The maximum absolute atomic E-state index is 15.4. The Balaban J connectivity index is 2.00. The molecule has 1 aromatic heterocycles. The molecule has 1 amide bonds. The number of rotatable bonds is 11. The molecule has 0 radical (unpaired) electrons. The van der Waals surface area contributed by atoms with Crippen molar-refractivity contribution in [2.24, 2.45) is 11.7 Å². The molecule has 10 heteroatoms. The monoisotopic (exact) mass is 504 g/mol. The van der Waals surface area contributed by atoms with E-state index in [1.165, 1.54) is 0 Å². The van der Waals surface area contributed by atoms with Gasteiger partial charge < -0.3 is 11.1 Å². The van der Waals surface area contributed by atoms with Gasteiger partial charge in [-0.15, -0.1) is 0 Å². The van der Waals surface area contributed by atoms with E-state index < -0.39 is 21.7 Å². The highest BCUT2D eigenvalue weighted by atomic mass is 32.2. The van der Waals surface area contributed by atoms with Crippen LogP contribution in [0.2, 0.25) is 0 Å². The molecule has 0 saturated carbocycles. The van der Waals surface area contributed by atoms with E-state index >= 15 is 4.39 Å². The standard InChI is InChI=1S/C25H30F2N4O3S/c1-4-8-35(33,34)31-21-7-6-20(26)24(25(21)27)19-11-18-14-30-23(12-17(18)10-16(19)5-2)29-13-15(3)9-22(28)32/h6-7,10-12,14-15,31H,4-5,8-9,13H2,1-3H3,(H2,28,32)(H,29,30)/t15-/m0/s1. The third-order valence-corrected chi connectivity index (χ3v) is 7.08. The van der Waals surface area contributed by atoms with Gasteiger partial charge in [-0.3, -0.25) is 9.52 Å². The molecular weight excluding hydrogens is 474 g/mol. The highest BCUT2D eigenvalue weighted by Crippen LogP contribution is 2.36. The number of sulfonamides is 1. The number of aromatic nitrogens is 1. The van der Waals surface area contributed by atoms with Crippen LogP contribution in [-0.4, -0.2) is 31.6 Å². The number of anilines is 2. The molecule has 0 aliphatic carbocycles. The molecule has 0 aliphatic rings. The number of carbonyl (C=O) groups is 1. The van der Waals surface area contributed by atoms with Crippen molar-refractivity contribution in [1.82, 2.24) is 4.98 Å². The van der Waals surface area contributed by atoms with Gasteiger partial charge in [0.25, 0.3) is 0 Å². The van der Waals surface area contributed by atoms with Crippen molar-refractivity contribution in [2.45, 2.75) is 40.0 Å². The van der Waals surface area contributed by atoms with Gasteiger partial charge in [-0.05, 0) is 59.5 Å². The second-order valence-electron chi connectivity index (χ2n) is 8.64. The second-order valence-corrected chi connectivity index (χ2v) is 10.5. The Labute approximate surface area is 204 Å². The van der Waals surface area contributed by atoms with E-state index in [-0.39, 0.29) is 35.2 Å². The molecule has 7 nitrogen and oxygen atoms in total. The average molecular weight is 505 g/mol. The molecule has 0 aliphatic heterocycles. The zero-order chi connectivity index (χ0) is 25.8. The minimum absolute atomic E-state index is 0.0338. The molecule has 0 bridgehead atoms. The summed E-state index contributed by atoms with van der Waals surface area (Å²) in [6, 6.07) is 7.48. The van der Waals surface area contributed by atoms with Crippen molar-refractivity contribution in [3.63, 3.8) is 0 Å². The number of pyridine rings is 1. The smallest absolute Gasteiger partial charge is 0.232 e. The topological polar surface area (TPSA) is 114 Å². The van der Waals surface area contributed by atoms with Gasteiger partial charge in [-0.25, -0.2) is 22.2 Å². The Morgan fingerprint density at radius 2 is 1.89 bits per heavy atom. The number of primary amides is 1. The van der Waals surface area contributed by atoms with E-state index in [4.69, 9.17) is 5.73 Å². The normalized spacial score (nSPS) is 12.5. The third-order valence-electron chi connectivity index (χ3n) is 5.60. The van der Waals surface area contributed by atoms with Gasteiger partial charge in [0.1, 0.15) is 11.6 Å². The fraction of sp³-hybridized carbons (Fsp3) is 0.360. The van der Waals surface area contributed by atoms with Crippen LogP contribution in [0.4, 0.5) is 20.3 Å². The molecule has 0 saturated heterocycles. The molecule has 0 unspecified atom stereocenters. The maximum atomic E-state index is 15.4. The first-order valence-corrected chi connectivity index (χ1v) is 13.1. The van der Waals surface area contributed by atoms with Crippen LogP contribution >= 0.6 is 0 Å². The van der Waals surface area contributed by atoms with E-state index in [9.17, 15) is 17.6 Å². The quantitative estimate of drug-likeness (QED) is 0.347. The second kappa shape index (κ2) is 11.0. The Morgan fingerprint density at radius 1 is 1.14 bits per heavy atom. The summed E-state index contributed by atoms with van der Waals surface area (Å²) in [5.74, 6) is -1.65. The first-order valence-electron chi connectivity index (χ1n) is 11.5. The SMILES string of the molecule is CCCS(=O)(=O)Nc1ccc(F)c(-c2cc3cnc(NC[C@@H](C)CC(N)=O)cc3cc2CC)c1F. The van der Waals surface area contributed by atoms with Crippen LogP contribution in [0.25, 0.3) is 21.9 Å². The summed E-state index contributed by atoms with van der Waals surface area (Å²) >= 11 is 0. The minimum Gasteiger partial charge on any atom is -0.370 e. The number of nitrogens with one attached hydrogen (secondary N) is 2. The van der Waals surface area contributed by atoms with E-state index in [2.05, 4.69) is 15.0 Å². The zero-order valence-corrected chi connectivity index (χ0v) is 20.8. The summed E-state index contributed by atoms with van der Waals surface area (Å²) in [5, 5.41) is 4.67. The maximum Gasteiger partial charge on any atom is 0.232 e. The van der Waals surface area contributed by atoms with E-state index in [1.54, 1.807) is 19.2 Å². The van der Waals surface area contributed by atoms with Crippen molar-refractivity contribution in [3.05, 3.63) is 53.7 Å². The van der Waals surface area contributed by atoms with Crippen LogP contribution in [0.15, 0.2) is 36.5 Å². The number of amides is 1. The third kappa shape index (κ3) is 6.45. The lowest BCUT2D eigenvalue weighted by Crippen LogP contribution is -2.20. The van der Waals surface area contributed by atoms with Crippen molar-refractivity contribution < 1.29 is 22.0 Å². The Hall–Kier alpha value is -3.27. The lowest BCUT2D eigenvalue weighted by molar-refractivity contribution is -0.118. The molecule has 0 fully saturated rings. The molecule has 3 rings (SSSR count). The highest BCUT2D eigenvalue weighted by Gasteiger charge is 2.21. The van der Waals surface area contributed by atoms with Crippen LogP contribution in [0.5, 0.6) is 0 Å². The Bertz CT molecular complexity index is 1350. The number of benzene rings is 2. The largest absolute Gasteiger partial charge is 0.370 e. The predicted molar refractivity (Wildman–Crippen MR) is 136 cm³/mol. The predicted octanol–water partition coefficient (Wildman–Crippen LogP) is 4.82. The summed E-state index contributed by atoms with van der Waals surface area (Å²) in [7, 11) is -3.75. The van der Waals surface area contributed by atoms with Crippen LogP contribution in [0, 0.1) is 17.6 Å². The first kappa shape index (κ1) is 26.3. The van der Waals surface area contributed by atoms with Gasteiger partial charge >= 0.3 is 0 Å². The summed E-state index contributed by atoms with van der Waals surface area (Å²) in [5.41, 5.74) is 5.69. The number of hydrogen-bond acceptors (Lipinski definition) is 5. The molecule has 188 valence electrons. The summed E-state index contributed by atoms with van der Waals surface area (Å²) in [6.45, 7) is 5.99. The summed E-state index contributed by atoms with van der Waals surface area (Å²) in [4.78, 5) is 15.4. The van der Waals surface area contributed by atoms with Gasteiger partial charge in [0, 0.05) is 24.5 Å². The van der Waals surface area contributed by atoms with E-state index in [0.717, 1.165) is 17.5 Å². The van der Waals surface area contributed by atoms with Crippen LogP contribution in [0.3, 0.4) is 0 Å². The summed E-state index contributed by atoms with van der Waals surface area (Å²) in [6.07, 6.45) is 2.72. The first-order chi connectivity index (χ1) is 16.5. The molecule has 1 atom stereocenters. The average Bonchev–Trinajstić information content (AvgIpc) is 2.78. The van der Waals surface area contributed by atoms with Crippen molar-refractivity contribution in [2.75, 3.05) is 22.3 Å². The van der Waals surface area contributed by atoms with Gasteiger partial charge in [-0.1, -0.05) is 26.8 Å². The zero-order valence-electron chi connectivity index (χ0n) is 20.0. The summed E-state index contributed by atoms with van der Waals surface area (Å²) < 4.78 is 56.8. The number of nitrogens with two attached hydrogens (primary N) is 1.